The Labute approximate surface area is 230 Å². The number of benzene rings is 4. The van der Waals surface area contributed by atoms with Gasteiger partial charge in [-0.3, -0.25) is 0 Å². The molecule has 0 atom stereocenters. The van der Waals surface area contributed by atoms with Gasteiger partial charge in [-0.25, -0.2) is 0 Å². The molecule has 39 heavy (non-hydrogen) atoms. The molecule has 0 heterocycles. The standard InChI is InChI=1S/C17H20O4.C15H16O3/c1-18-15-9-5-13(6-10-15)17(20-3,21-4)14-7-11-16(19-2)12-8-14;1-17-13-7-3-11(4-8-13)15(16)12-5-9-14(18-2)10-6-12/h5-12H,1-4H3;3-10,15-16H,1-2H3. The molecule has 206 valence electrons. The minimum Gasteiger partial charge on any atom is -0.497 e. The van der Waals surface area contributed by atoms with Crippen LogP contribution in [0.3, 0.4) is 0 Å². The number of ether oxygens (including phenoxy) is 6. The van der Waals surface area contributed by atoms with Crippen LogP contribution >= 0.6 is 0 Å². The molecule has 0 unspecified atom stereocenters. The maximum atomic E-state index is 10.2. The molecule has 7 nitrogen and oxygen atoms in total. The minimum atomic E-state index is -0.960. The number of hydrogen-bond donors (Lipinski definition) is 1. The number of rotatable bonds is 10. The average molecular weight is 533 g/mol. The number of aliphatic hydroxyl groups is 1. The Morgan fingerprint density at radius 3 is 0.923 bits per heavy atom. The molecule has 4 aromatic rings. The summed E-state index contributed by atoms with van der Waals surface area (Å²) in [6, 6.07) is 30.0. The maximum absolute atomic E-state index is 10.2. The number of methoxy groups -OCH3 is 6. The van der Waals surface area contributed by atoms with Crippen LogP contribution in [0.5, 0.6) is 23.0 Å². The first-order chi connectivity index (χ1) is 18.9. The zero-order chi connectivity index (χ0) is 28.3. The van der Waals surface area contributed by atoms with Crippen LogP contribution in [0.1, 0.15) is 28.4 Å². The van der Waals surface area contributed by atoms with Crippen LogP contribution in [0.4, 0.5) is 0 Å². The highest BCUT2D eigenvalue weighted by Crippen LogP contribution is 2.35. The van der Waals surface area contributed by atoms with Crippen molar-refractivity contribution in [3.05, 3.63) is 119 Å². The van der Waals surface area contributed by atoms with Gasteiger partial charge in [-0.15, -0.1) is 0 Å². The second-order valence-corrected chi connectivity index (χ2v) is 8.43. The van der Waals surface area contributed by atoms with Gasteiger partial charge in [0.05, 0.1) is 28.4 Å². The summed E-state index contributed by atoms with van der Waals surface area (Å²) in [5.74, 6) is 2.17. The molecule has 0 spiro atoms. The molecule has 4 aromatic carbocycles. The van der Waals surface area contributed by atoms with Crippen molar-refractivity contribution in [2.24, 2.45) is 0 Å². The van der Waals surface area contributed by atoms with Gasteiger partial charge in [0.15, 0.2) is 0 Å². The fraction of sp³-hybridized carbons (Fsp3) is 0.250. The average Bonchev–Trinajstić information content (AvgIpc) is 3.02. The zero-order valence-electron chi connectivity index (χ0n) is 23.2. The van der Waals surface area contributed by atoms with E-state index in [1.807, 2.05) is 97.1 Å². The first kappa shape index (κ1) is 29.5. The van der Waals surface area contributed by atoms with Crippen molar-refractivity contribution in [3.8, 4) is 23.0 Å². The Morgan fingerprint density at radius 1 is 0.436 bits per heavy atom. The lowest BCUT2D eigenvalue weighted by Gasteiger charge is -2.32. The van der Waals surface area contributed by atoms with Gasteiger partial charge >= 0.3 is 0 Å². The van der Waals surface area contributed by atoms with E-state index in [4.69, 9.17) is 28.4 Å². The fourth-order valence-electron chi connectivity index (χ4n) is 4.11. The van der Waals surface area contributed by atoms with Crippen molar-refractivity contribution < 1.29 is 33.5 Å². The first-order valence-corrected chi connectivity index (χ1v) is 12.3. The van der Waals surface area contributed by atoms with E-state index in [9.17, 15) is 5.11 Å². The molecular formula is C32H36O7. The molecule has 0 bridgehead atoms. The van der Waals surface area contributed by atoms with Crippen molar-refractivity contribution in [3.63, 3.8) is 0 Å². The highest BCUT2D eigenvalue weighted by atomic mass is 16.7. The molecule has 0 aliphatic rings. The summed E-state index contributed by atoms with van der Waals surface area (Å²) in [4.78, 5) is 0. The largest absolute Gasteiger partial charge is 0.497 e. The van der Waals surface area contributed by atoms with Gasteiger partial charge in [0.2, 0.25) is 5.79 Å². The summed E-state index contributed by atoms with van der Waals surface area (Å²) in [5.41, 5.74) is 3.44. The monoisotopic (exact) mass is 532 g/mol. The van der Waals surface area contributed by atoms with Gasteiger partial charge in [-0.2, -0.15) is 0 Å². The van der Waals surface area contributed by atoms with Crippen LogP contribution in [-0.2, 0) is 15.3 Å². The molecule has 0 saturated carbocycles. The van der Waals surface area contributed by atoms with Crippen LogP contribution in [0.25, 0.3) is 0 Å². The molecule has 0 fully saturated rings. The zero-order valence-corrected chi connectivity index (χ0v) is 23.2. The Bertz CT molecular complexity index is 1150. The van der Waals surface area contributed by atoms with Crippen LogP contribution in [-0.4, -0.2) is 47.8 Å². The second-order valence-electron chi connectivity index (χ2n) is 8.43. The van der Waals surface area contributed by atoms with Gasteiger partial charge in [0, 0.05) is 25.3 Å². The molecule has 0 aliphatic heterocycles. The van der Waals surface area contributed by atoms with Crippen LogP contribution < -0.4 is 18.9 Å². The van der Waals surface area contributed by atoms with Gasteiger partial charge in [-0.1, -0.05) is 24.3 Å². The molecule has 0 aliphatic carbocycles. The van der Waals surface area contributed by atoms with E-state index >= 15 is 0 Å². The van der Waals surface area contributed by atoms with Crippen molar-refractivity contribution >= 4 is 0 Å². The Hall–Kier alpha value is -4.04. The van der Waals surface area contributed by atoms with Crippen LogP contribution in [0, 0.1) is 0 Å². The lowest BCUT2D eigenvalue weighted by atomic mass is 9.96. The van der Waals surface area contributed by atoms with Crippen molar-refractivity contribution in [2.45, 2.75) is 11.9 Å². The summed E-state index contributed by atoms with van der Waals surface area (Å²) in [5, 5.41) is 10.2. The molecule has 0 amide bonds. The van der Waals surface area contributed by atoms with Crippen LogP contribution in [0.15, 0.2) is 97.1 Å². The summed E-state index contributed by atoms with van der Waals surface area (Å²) in [6.45, 7) is 0. The fourth-order valence-corrected chi connectivity index (χ4v) is 4.11. The summed E-state index contributed by atoms with van der Waals surface area (Å²) >= 11 is 0. The van der Waals surface area contributed by atoms with E-state index in [2.05, 4.69) is 0 Å². The molecule has 7 heteroatoms. The third-order valence-corrected chi connectivity index (χ3v) is 6.38. The third kappa shape index (κ3) is 7.09. The van der Waals surface area contributed by atoms with Gasteiger partial charge in [0.1, 0.15) is 29.1 Å². The highest BCUT2D eigenvalue weighted by Gasteiger charge is 2.34. The first-order valence-electron chi connectivity index (χ1n) is 12.3. The van der Waals surface area contributed by atoms with E-state index in [1.165, 1.54) is 0 Å². The Morgan fingerprint density at radius 2 is 0.692 bits per heavy atom. The van der Waals surface area contributed by atoms with E-state index in [0.717, 1.165) is 45.3 Å². The number of aliphatic hydroxyl groups excluding tert-OH is 1. The second kappa shape index (κ2) is 14.2. The quantitative estimate of drug-likeness (QED) is 0.252. The summed E-state index contributed by atoms with van der Waals surface area (Å²) < 4.78 is 32.0. The van der Waals surface area contributed by atoms with E-state index in [1.54, 1.807) is 42.7 Å². The van der Waals surface area contributed by atoms with Crippen molar-refractivity contribution in [1.82, 2.24) is 0 Å². The van der Waals surface area contributed by atoms with Gasteiger partial charge < -0.3 is 33.5 Å². The normalized spacial score (nSPS) is 10.9. The van der Waals surface area contributed by atoms with Crippen LogP contribution in [0.2, 0.25) is 0 Å². The van der Waals surface area contributed by atoms with Crippen molar-refractivity contribution in [1.29, 1.82) is 0 Å². The molecule has 0 saturated heterocycles. The minimum absolute atomic E-state index is 0.637. The van der Waals surface area contributed by atoms with E-state index < -0.39 is 11.9 Å². The SMILES string of the molecule is COc1ccc(C(O)c2ccc(OC)cc2)cc1.COc1ccc(C(OC)(OC)c2ccc(OC)cc2)cc1. The third-order valence-electron chi connectivity index (χ3n) is 6.38. The molecular weight excluding hydrogens is 496 g/mol. The van der Waals surface area contributed by atoms with E-state index in [0.29, 0.717) is 0 Å². The highest BCUT2D eigenvalue weighted by molar-refractivity contribution is 5.39. The summed E-state index contributed by atoms with van der Waals surface area (Å²) in [7, 11) is 9.76. The van der Waals surface area contributed by atoms with Gasteiger partial charge in [-0.05, 0) is 83.9 Å². The Balaban J connectivity index is 0.000000218. The Kier molecular flexibility index (Phi) is 10.8. The topological polar surface area (TPSA) is 75.6 Å². The predicted molar refractivity (Wildman–Crippen MR) is 151 cm³/mol. The van der Waals surface area contributed by atoms with E-state index in [-0.39, 0.29) is 0 Å². The molecule has 1 N–H and O–H groups in total. The van der Waals surface area contributed by atoms with Gasteiger partial charge in [0.25, 0.3) is 0 Å². The molecule has 4 rings (SSSR count). The lowest BCUT2D eigenvalue weighted by molar-refractivity contribution is -0.183. The molecule has 0 aromatic heterocycles. The summed E-state index contributed by atoms with van der Waals surface area (Å²) in [6.07, 6.45) is -0.637. The van der Waals surface area contributed by atoms with Crippen molar-refractivity contribution in [2.75, 3.05) is 42.7 Å². The predicted octanol–water partition coefficient (Wildman–Crippen LogP) is 5.98. The maximum Gasteiger partial charge on any atom is 0.221 e. The number of hydrogen-bond acceptors (Lipinski definition) is 7. The smallest absolute Gasteiger partial charge is 0.221 e. The molecule has 0 radical (unpaired) electrons. The lowest BCUT2D eigenvalue weighted by Crippen LogP contribution is -2.32.